The third-order valence-corrected chi connectivity index (χ3v) is 2.38. The van der Waals surface area contributed by atoms with E-state index in [4.69, 9.17) is 5.73 Å². The Kier molecular flexibility index (Phi) is 2.91. The quantitative estimate of drug-likeness (QED) is 0.863. The fraction of sp³-hybridized carbons (Fsp3) is 0.0833. The van der Waals surface area contributed by atoms with Crippen LogP contribution in [0.5, 0.6) is 0 Å². The summed E-state index contributed by atoms with van der Waals surface area (Å²) >= 11 is 0. The molecule has 0 bridgehead atoms. The molecule has 0 unspecified atom stereocenters. The van der Waals surface area contributed by atoms with Gasteiger partial charge < -0.3 is 10.3 Å². The molecule has 0 radical (unpaired) electrons. The Labute approximate surface area is 96.1 Å². The summed E-state index contributed by atoms with van der Waals surface area (Å²) in [5.41, 5.74) is 5.70. The summed E-state index contributed by atoms with van der Waals surface area (Å²) < 4.78 is 27.6. The monoisotopic (exact) mass is 236 g/mol. The van der Waals surface area contributed by atoms with E-state index in [9.17, 15) is 13.6 Å². The molecule has 17 heavy (non-hydrogen) atoms. The molecule has 0 saturated carbocycles. The Morgan fingerprint density at radius 1 is 1.18 bits per heavy atom. The number of anilines is 1. The van der Waals surface area contributed by atoms with Crippen LogP contribution in [0, 0.1) is 11.6 Å². The third kappa shape index (κ3) is 2.33. The number of nitrogen functional groups attached to an aromatic ring is 1. The summed E-state index contributed by atoms with van der Waals surface area (Å²) in [5, 5.41) is 0. The first-order chi connectivity index (χ1) is 8.08. The van der Waals surface area contributed by atoms with Crippen LogP contribution in [-0.4, -0.2) is 4.57 Å². The minimum Gasteiger partial charge on any atom is -0.398 e. The standard InChI is InChI=1S/C12H10F2N2O/c13-10-3-1-2-8(12(10)14)6-16-7-9(15)4-5-11(16)17/h1-5,7H,6,15H2. The van der Waals surface area contributed by atoms with Gasteiger partial charge in [-0.1, -0.05) is 12.1 Å². The van der Waals surface area contributed by atoms with Gasteiger partial charge in [0.15, 0.2) is 11.6 Å². The summed E-state index contributed by atoms with van der Waals surface area (Å²) in [6.07, 6.45) is 1.40. The van der Waals surface area contributed by atoms with Gasteiger partial charge in [0.25, 0.3) is 5.56 Å². The lowest BCUT2D eigenvalue weighted by atomic mass is 10.2. The van der Waals surface area contributed by atoms with Gasteiger partial charge in [0.2, 0.25) is 0 Å². The molecule has 0 aliphatic rings. The van der Waals surface area contributed by atoms with Crippen molar-refractivity contribution >= 4 is 5.69 Å². The molecular weight excluding hydrogens is 226 g/mol. The molecule has 0 atom stereocenters. The van der Waals surface area contributed by atoms with Crippen LogP contribution in [0.2, 0.25) is 0 Å². The highest BCUT2D eigenvalue weighted by Crippen LogP contribution is 2.12. The maximum absolute atomic E-state index is 13.4. The van der Waals surface area contributed by atoms with Crippen molar-refractivity contribution in [2.75, 3.05) is 5.73 Å². The van der Waals surface area contributed by atoms with Crippen molar-refractivity contribution in [3.05, 3.63) is 64.1 Å². The first kappa shape index (κ1) is 11.3. The molecule has 2 rings (SSSR count). The van der Waals surface area contributed by atoms with E-state index in [1.165, 1.54) is 35.0 Å². The lowest BCUT2D eigenvalue weighted by Gasteiger charge is -2.07. The molecule has 0 aliphatic heterocycles. The second kappa shape index (κ2) is 4.37. The van der Waals surface area contributed by atoms with Gasteiger partial charge in [0.1, 0.15) is 0 Å². The largest absolute Gasteiger partial charge is 0.398 e. The number of rotatable bonds is 2. The van der Waals surface area contributed by atoms with E-state index in [2.05, 4.69) is 0 Å². The van der Waals surface area contributed by atoms with Crippen LogP contribution in [0.15, 0.2) is 41.3 Å². The zero-order valence-corrected chi connectivity index (χ0v) is 8.86. The minimum absolute atomic E-state index is 0.0481. The number of aromatic nitrogens is 1. The lowest BCUT2D eigenvalue weighted by Crippen LogP contribution is -2.20. The number of nitrogens with two attached hydrogens (primary N) is 1. The van der Waals surface area contributed by atoms with Crippen LogP contribution in [0.3, 0.4) is 0 Å². The average molecular weight is 236 g/mol. The molecule has 88 valence electrons. The van der Waals surface area contributed by atoms with Crippen LogP contribution < -0.4 is 11.3 Å². The van der Waals surface area contributed by atoms with Crippen molar-refractivity contribution in [1.29, 1.82) is 0 Å². The van der Waals surface area contributed by atoms with Gasteiger partial charge in [-0.2, -0.15) is 0 Å². The second-order valence-corrected chi connectivity index (χ2v) is 3.64. The average Bonchev–Trinajstić information content (AvgIpc) is 2.30. The molecule has 0 saturated heterocycles. The van der Waals surface area contributed by atoms with Crippen molar-refractivity contribution in [2.24, 2.45) is 0 Å². The highest BCUT2D eigenvalue weighted by Gasteiger charge is 2.08. The smallest absolute Gasteiger partial charge is 0.250 e. The van der Waals surface area contributed by atoms with Crippen LogP contribution in [0.25, 0.3) is 0 Å². The van der Waals surface area contributed by atoms with E-state index < -0.39 is 11.6 Å². The number of nitrogens with zero attached hydrogens (tertiary/aromatic N) is 1. The second-order valence-electron chi connectivity index (χ2n) is 3.64. The maximum atomic E-state index is 13.4. The molecule has 2 aromatic rings. The first-order valence-electron chi connectivity index (χ1n) is 4.97. The number of pyridine rings is 1. The predicted octanol–water partition coefficient (Wildman–Crippen LogP) is 1.76. The minimum atomic E-state index is -0.943. The number of halogens is 2. The maximum Gasteiger partial charge on any atom is 0.250 e. The molecule has 1 aromatic heterocycles. The van der Waals surface area contributed by atoms with E-state index in [1.54, 1.807) is 0 Å². The zero-order chi connectivity index (χ0) is 12.4. The van der Waals surface area contributed by atoms with Gasteiger partial charge in [-0.15, -0.1) is 0 Å². The summed E-state index contributed by atoms with van der Waals surface area (Å²) in [7, 11) is 0. The van der Waals surface area contributed by atoms with Crippen molar-refractivity contribution in [3.63, 3.8) is 0 Å². The van der Waals surface area contributed by atoms with Gasteiger partial charge in [0.05, 0.1) is 6.54 Å². The fourth-order valence-electron chi connectivity index (χ4n) is 1.53. The highest BCUT2D eigenvalue weighted by atomic mass is 19.2. The van der Waals surface area contributed by atoms with Gasteiger partial charge in [-0.3, -0.25) is 4.79 Å². The topological polar surface area (TPSA) is 48.0 Å². The van der Waals surface area contributed by atoms with Gasteiger partial charge in [-0.25, -0.2) is 8.78 Å². The lowest BCUT2D eigenvalue weighted by molar-refractivity contribution is 0.494. The Bertz CT molecular complexity index is 608. The van der Waals surface area contributed by atoms with E-state index in [1.807, 2.05) is 0 Å². The van der Waals surface area contributed by atoms with Gasteiger partial charge in [-0.05, 0) is 12.1 Å². The number of hydrogen-bond acceptors (Lipinski definition) is 2. The van der Waals surface area contributed by atoms with Crippen LogP contribution in [0.4, 0.5) is 14.5 Å². The molecule has 5 heteroatoms. The zero-order valence-electron chi connectivity index (χ0n) is 8.86. The van der Waals surface area contributed by atoms with Crippen LogP contribution in [0.1, 0.15) is 5.56 Å². The van der Waals surface area contributed by atoms with E-state index >= 15 is 0 Å². The summed E-state index contributed by atoms with van der Waals surface area (Å²) in [4.78, 5) is 11.5. The molecule has 2 N–H and O–H groups in total. The van der Waals surface area contributed by atoms with Gasteiger partial charge >= 0.3 is 0 Å². The van der Waals surface area contributed by atoms with E-state index in [0.29, 0.717) is 5.69 Å². The fourth-order valence-corrected chi connectivity index (χ4v) is 1.53. The van der Waals surface area contributed by atoms with Crippen molar-refractivity contribution < 1.29 is 8.78 Å². The van der Waals surface area contributed by atoms with Gasteiger partial charge in [0, 0.05) is 23.5 Å². The van der Waals surface area contributed by atoms with E-state index in [0.717, 1.165) is 6.07 Å². The molecule has 0 spiro atoms. The number of hydrogen-bond donors (Lipinski definition) is 1. The molecule has 0 amide bonds. The molecule has 1 heterocycles. The van der Waals surface area contributed by atoms with E-state index in [-0.39, 0.29) is 17.7 Å². The van der Waals surface area contributed by atoms with Crippen LogP contribution in [-0.2, 0) is 6.54 Å². The van der Waals surface area contributed by atoms with Crippen molar-refractivity contribution in [2.45, 2.75) is 6.54 Å². The molecule has 0 fully saturated rings. The SMILES string of the molecule is Nc1ccc(=O)n(Cc2cccc(F)c2F)c1. The predicted molar refractivity (Wildman–Crippen MR) is 60.6 cm³/mol. The van der Waals surface area contributed by atoms with Crippen molar-refractivity contribution in [1.82, 2.24) is 4.57 Å². The highest BCUT2D eigenvalue weighted by molar-refractivity contribution is 5.34. The number of benzene rings is 1. The third-order valence-electron chi connectivity index (χ3n) is 2.38. The summed E-state index contributed by atoms with van der Waals surface area (Å²) in [6.45, 7) is -0.0481. The Hall–Kier alpha value is -2.17. The molecular formula is C12H10F2N2O. The molecule has 1 aromatic carbocycles. The normalized spacial score (nSPS) is 10.5. The van der Waals surface area contributed by atoms with Crippen LogP contribution >= 0.6 is 0 Å². The Morgan fingerprint density at radius 3 is 2.71 bits per heavy atom. The molecule has 3 nitrogen and oxygen atoms in total. The Balaban J connectivity index is 2.41. The first-order valence-corrected chi connectivity index (χ1v) is 4.97. The summed E-state index contributed by atoms with van der Waals surface area (Å²) in [5.74, 6) is -1.87. The molecule has 0 aliphatic carbocycles. The summed E-state index contributed by atoms with van der Waals surface area (Å²) in [6, 6.07) is 6.59. The Morgan fingerprint density at radius 2 is 1.94 bits per heavy atom. The van der Waals surface area contributed by atoms with Crippen molar-refractivity contribution in [3.8, 4) is 0 Å².